The third kappa shape index (κ3) is 3.53. The second-order valence-corrected chi connectivity index (χ2v) is 12.8. The Morgan fingerprint density at radius 2 is 1.62 bits per heavy atom. The van der Waals surface area contributed by atoms with Gasteiger partial charge in [0.2, 0.25) is 0 Å². The fraction of sp³-hybridized carbons (Fsp3) is 1.00. The summed E-state index contributed by atoms with van der Waals surface area (Å²) >= 11 is 0. The van der Waals surface area contributed by atoms with Crippen molar-refractivity contribution in [1.82, 2.24) is 0 Å². The van der Waals surface area contributed by atoms with Crippen molar-refractivity contribution in [2.75, 3.05) is 0 Å². The fourth-order valence-electron chi connectivity index (χ4n) is 9.25. The summed E-state index contributed by atoms with van der Waals surface area (Å²) in [5.74, 6) is 4.94. The minimum absolute atomic E-state index is 0.0252. The van der Waals surface area contributed by atoms with E-state index in [2.05, 4.69) is 34.6 Å². The lowest BCUT2D eigenvalue weighted by Crippen LogP contribution is -2.62. The molecule has 2 N–H and O–H groups in total. The van der Waals surface area contributed by atoms with Crippen molar-refractivity contribution in [3.63, 3.8) is 0 Å². The summed E-state index contributed by atoms with van der Waals surface area (Å²) in [4.78, 5) is 0. The van der Waals surface area contributed by atoms with Gasteiger partial charge in [0.1, 0.15) is 0 Å². The van der Waals surface area contributed by atoms with Crippen molar-refractivity contribution >= 4 is 0 Å². The first-order valence-corrected chi connectivity index (χ1v) is 13.0. The summed E-state index contributed by atoms with van der Waals surface area (Å²) in [6.45, 7) is 12.3. The molecule has 4 saturated carbocycles. The number of aliphatic hydroxyl groups is 2. The summed E-state index contributed by atoms with van der Waals surface area (Å²) in [5.41, 5.74) is -0.0719. The first-order valence-electron chi connectivity index (χ1n) is 13.0. The van der Waals surface area contributed by atoms with Gasteiger partial charge in [-0.3, -0.25) is 0 Å². The molecule has 4 aliphatic rings. The average Bonchev–Trinajstić information content (AvgIpc) is 2.99. The molecule has 4 rings (SSSR count). The summed E-state index contributed by atoms with van der Waals surface area (Å²) in [6.07, 6.45) is 14.1. The van der Waals surface area contributed by atoms with E-state index in [-0.39, 0.29) is 11.5 Å². The molecular weight excluding hydrogens is 356 g/mol. The highest BCUT2D eigenvalue weighted by Gasteiger charge is 2.64. The maximum atomic E-state index is 11.6. The number of hydrogen-bond donors (Lipinski definition) is 2. The molecule has 4 fully saturated rings. The van der Waals surface area contributed by atoms with Gasteiger partial charge in [0.15, 0.2) is 0 Å². The molecule has 2 nitrogen and oxygen atoms in total. The Bertz CT molecular complexity index is 587. The quantitative estimate of drug-likeness (QED) is 0.543. The monoisotopic (exact) mass is 404 g/mol. The van der Waals surface area contributed by atoms with Crippen LogP contribution in [0.25, 0.3) is 0 Å². The topological polar surface area (TPSA) is 40.5 Å². The van der Waals surface area contributed by atoms with Gasteiger partial charge in [-0.1, -0.05) is 53.9 Å². The largest absolute Gasteiger partial charge is 0.393 e. The van der Waals surface area contributed by atoms with Crippen LogP contribution in [0.2, 0.25) is 0 Å². The number of fused-ring (bicyclic) bond motifs is 5. The second-order valence-electron chi connectivity index (χ2n) is 12.8. The van der Waals surface area contributed by atoms with Gasteiger partial charge in [0.05, 0.1) is 11.7 Å². The van der Waals surface area contributed by atoms with Gasteiger partial charge in [-0.05, 0) is 97.7 Å². The molecule has 9 atom stereocenters. The van der Waals surface area contributed by atoms with Crippen LogP contribution in [0.5, 0.6) is 0 Å². The predicted molar refractivity (Wildman–Crippen MR) is 121 cm³/mol. The zero-order chi connectivity index (χ0) is 21.0. The van der Waals surface area contributed by atoms with Gasteiger partial charge in [-0.2, -0.15) is 0 Å². The van der Waals surface area contributed by atoms with Crippen molar-refractivity contribution in [3.05, 3.63) is 0 Å². The summed E-state index contributed by atoms with van der Waals surface area (Å²) < 4.78 is 0. The molecule has 0 radical (unpaired) electrons. The number of aliphatic hydroxyl groups excluding tert-OH is 1. The lowest BCUT2D eigenvalue weighted by atomic mass is 9.43. The van der Waals surface area contributed by atoms with Gasteiger partial charge >= 0.3 is 0 Å². The molecule has 0 heterocycles. The molecule has 168 valence electrons. The van der Waals surface area contributed by atoms with E-state index in [1.54, 1.807) is 0 Å². The molecule has 0 saturated heterocycles. The molecule has 29 heavy (non-hydrogen) atoms. The van der Waals surface area contributed by atoms with E-state index in [0.717, 1.165) is 48.9 Å². The van der Waals surface area contributed by atoms with Crippen LogP contribution in [0.1, 0.15) is 112 Å². The molecule has 0 aromatic heterocycles. The Labute approximate surface area is 180 Å². The van der Waals surface area contributed by atoms with Gasteiger partial charge in [-0.15, -0.1) is 0 Å². The molecule has 0 amide bonds. The zero-order valence-corrected chi connectivity index (χ0v) is 19.9. The average molecular weight is 405 g/mol. The summed E-state index contributed by atoms with van der Waals surface area (Å²) in [5, 5.41) is 21.8. The second kappa shape index (κ2) is 7.80. The fourth-order valence-corrected chi connectivity index (χ4v) is 9.25. The molecule has 0 aliphatic heterocycles. The third-order valence-corrected chi connectivity index (χ3v) is 11.0. The lowest BCUT2D eigenvalue weighted by Gasteiger charge is -2.64. The van der Waals surface area contributed by atoms with Crippen molar-refractivity contribution in [1.29, 1.82) is 0 Å². The maximum absolute atomic E-state index is 11.6. The van der Waals surface area contributed by atoms with E-state index in [4.69, 9.17) is 0 Å². The minimum Gasteiger partial charge on any atom is -0.393 e. The van der Waals surface area contributed by atoms with Crippen molar-refractivity contribution in [3.8, 4) is 0 Å². The predicted octanol–water partition coefficient (Wildman–Crippen LogP) is 6.58. The van der Waals surface area contributed by atoms with Crippen molar-refractivity contribution in [2.24, 2.45) is 46.3 Å². The van der Waals surface area contributed by atoms with Gasteiger partial charge in [0, 0.05) is 6.42 Å². The minimum atomic E-state index is -0.623. The van der Waals surface area contributed by atoms with Crippen molar-refractivity contribution in [2.45, 2.75) is 123 Å². The Morgan fingerprint density at radius 1 is 0.862 bits per heavy atom. The van der Waals surface area contributed by atoms with E-state index in [1.165, 1.54) is 51.4 Å². The van der Waals surface area contributed by atoms with Crippen LogP contribution in [0.3, 0.4) is 0 Å². The SMILES string of the molecule is CC(C)CCC[C@H](C)[C@@H]1CC[C@H]2[C@H]3CC[C@@]4(O)C[C@@H](O)CC[C@]4(C)[C@@H]3CC[C@@]21C. The molecule has 0 unspecified atom stereocenters. The number of rotatable bonds is 5. The highest BCUT2D eigenvalue weighted by atomic mass is 16.3. The van der Waals surface area contributed by atoms with E-state index in [0.29, 0.717) is 17.8 Å². The number of hydrogen-bond acceptors (Lipinski definition) is 2. The molecule has 0 aromatic rings. The smallest absolute Gasteiger partial charge is 0.0728 e. The highest BCUT2D eigenvalue weighted by molar-refractivity contribution is 5.14. The van der Waals surface area contributed by atoms with Crippen molar-refractivity contribution < 1.29 is 10.2 Å². The zero-order valence-electron chi connectivity index (χ0n) is 19.9. The molecular formula is C27H48O2. The Hall–Kier alpha value is -0.0800. The van der Waals surface area contributed by atoms with E-state index in [1.807, 2.05) is 0 Å². The normalized spacial score (nSPS) is 50.7. The summed E-state index contributed by atoms with van der Waals surface area (Å²) in [7, 11) is 0. The van der Waals surface area contributed by atoms with Crippen LogP contribution in [0.4, 0.5) is 0 Å². The van der Waals surface area contributed by atoms with Gasteiger partial charge in [-0.25, -0.2) is 0 Å². The van der Waals surface area contributed by atoms with Crippen LogP contribution in [0, 0.1) is 46.3 Å². The highest BCUT2D eigenvalue weighted by Crippen LogP contribution is 2.69. The first-order chi connectivity index (χ1) is 13.6. The molecule has 4 aliphatic carbocycles. The van der Waals surface area contributed by atoms with Crippen LogP contribution in [-0.4, -0.2) is 21.9 Å². The van der Waals surface area contributed by atoms with Crippen LogP contribution in [-0.2, 0) is 0 Å². The molecule has 0 aromatic carbocycles. The Morgan fingerprint density at radius 3 is 2.34 bits per heavy atom. The van der Waals surface area contributed by atoms with Crippen LogP contribution >= 0.6 is 0 Å². The standard InChI is InChI=1S/C27H48O2/c1-18(2)7-6-8-19(3)22-9-10-23-21-12-16-27(29)17-20(28)11-15-26(27,5)24(21)13-14-25(22,23)4/h18-24,28-29H,6-17H2,1-5H3/t19-,20-,21+,22-,23-,24+,25+,26+,27+/m0/s1. The van der Waals surface area contributed by atoms with Crippen LogP contribution in [0.15, 0.2) is 0 Å². The van der Waals surface area contributed by atoms with Gasteiger partial charge in [0.25, 0.3) is 0 Å². The van der Waals surface area contributed by atoms with E-state index >= 15 is 0 Å². The maximum Gasteiger partial charge on any atom is 0.0728 e. The Balaban J connectivity index is 1.49. The third-order valence-electron chi connectivity index (χ3n) is 11.0. The van der Waals surface area contributed by atoms with E-state index < -0.39 is 5.60 Å². The summed E-state index contributed by atoms with van der Waals surface area (Å²) in [6, 6.07) is 0. The van der Waals surface area contributed by atoms with Crippen LogP contribution < -0.4 is 0 Å². The Kier molecular flexibility index (Phi) is 5.95. The van der Waals surface area contributed by atoms with Gasteiger partial charge < -0.3 is 10.2 Å². The molecule has 0 spiro atoms. The molecule has 2 heteroatoms. The van der Waals surface area contributed by atoms with E-state index in [9.17, 15) is 10.2 Å². The first kappa shape index (κ1) is 22.1. The lowest BCUT2D eigenvalue weighted by molar-refractivity contribution is -0.220. The molecule has 0 bridgehead atoms.